The fraction of sp³-hybridized carbons (Fsp3) is 0.375. The Morgan fingerprint density at radius 1 is 1.20 bits per heavy atom. The van der Waals surface area contributed by atoms with Crippen LogP contribution in [0.25, 0.3) is 0 Å². The third kappa shape index (κ3) is 7.21. The molecule has 136 valence electrons. The van der Waals surface area contributed by atoms with Crippen LogP contribution in [0.15, 0.2) is 24.3 Å². The van der Waals surface area contributed by atoms with Gasteiger partial charge in [-0.3, -0.25) is 14.9 Å². The Morgan fingerprint density at radius 2 is 1.88 bits per heavy atom. The van der Waals surface area contributed by atoms with Gasteiger partial charge in [0.2, 0.25) is 0 Å². The zero-order valence-corrected chi connectivity index (χ0v) is 14.7. The van der Waals surface area contributed by atoms with Gasteiger partial charge in [-0.15, -0.1) is 0 Å². The average molecular weight is 370 g/mol. The number of nitrogens with one attached hydrogen (secondary N) is 3. The summed E-state index contributed by atoms with van der Waals surface area (Å²) in [4.78, 5) is 46.6. The lowest BCUT2D eigenvalue weighted by atomic mass is 10.2. The van der Waals surface area contributed by atoms with Crippen molar-refractivity contribution >= 4 is 35.4 Å². The molecule has 9 heteroatoms. The molecule has 0 aromatic heterocycles. The monoisotopic (exact) mass is 369 g/mol. The van der Waals surface area contributed by atoms with Gasteiger partial charge in [-0.1, -0.05) is 30.7 Å². The summed E-state index contributed by atoms with van der Waals surface area (Å²) >= 11 is 5.90. The highest BCUT2D eigenvalue weighted by molar-refractivity contribution is 6.33. The van der Waals surface area contributed by atoms with E-state index >= 15 is 0 Å². The number of esters is 1. The molecule has 0 heterocycles. The Balaban J connectivity index is 2.41. The number of imide groups is 1. The van der Waals surface area contributed by atoms with Crippen molar-refractivity contribution in [2.75, 3.05) is 13.2 Å². The molecule has 0 saturated carbocycles. The van der Waals surface area contributed by atoms with Crippen LogP contribution in [0, 0.1) is 0 Å². The average Bonchev–Trinajstić information content (AvgIpc) is 2.57. The fourth-order valence-electron chi connectivity index (χ4n) is 1.69. The van der Waals surface area contributed by atoms with Crippen molar-refractivity contribution in [3.05, 3.63) is 34.9 Å². The zero-order valence-electron chi connectivity index (χ0n) is 13.9. The number of halogens is 1. The number of urea groups is 1. The molecule has 0 unspecified atom stereocenters. The molecule has 1 rings (SSSR count). The van der Waals surface area contributed by atoms with E-state index in [1.807, 2.05) is 12.2 Å². The van der Waals surface area contributed by atoms with E-state index in [0.717, 1.165) is 6.42 Å². The number of rotatable bonds is 7. The van der Waals surface area contributed by atoms with E-state index < -0.39 is 36.5 Å². The van der Waals surface area contributed by atoms with E-state index in [1.165, 1.54) is 13.0 Å². The van der Waals surface area contributed by atoms with Crippen LogP contribution in [0.1, 0.15) is 30.6 Å². The summed E-state index contributed by atoms with van der Waals surface area (Å²) in [5, 5.41) is 7.12. The van der Waals surface area contributed by atoms with E-state index in [0.29, 0.717) is 6.54 Å². The summed E-state index contributed by atoms with van der Waals surface area (Å²) < 4.78 is 4.76. The normalized spacial score (nSPS) is 11.2. The molecule has 8 nitrogen and oxygen atoms in total. The number of carbonyl (C=O) groups is 4. The summed E-state index contributed by atoms with van der Waals surface area (Å²) in [6.07, 6.45) is 0.721. The topological polar surface area (TPSA) is 114 Å². The van der Waals surface area contributed by atoms with Gasteiger partial charge in [-0.25, -0.2) is 9.59 Å². The number of benzene rings is 1. The third-order valence-corrected chi connectivity index (χ3v) is 3.28. The van der Waals surface area contributed by atoms with Crippen molar-refractivity contribution in [2.45, 2.75) is 26.3 Å². The lowest BCUT2D eigenvalue weighted by Gasteiger charge is -2.14. The predicted octanol–water partition coefficient (Wildman–Crippen LogP) is 1.24. The maximum Gasteiger partial charge on any atom is 0.328 e. The minimum atomic E-state index is -0.995. The van der Waals surface area contributed by atoms with Crippen molar-refractivity contribution in [1.29, 1.82) is 0 Å². The largest absolute Gasteiger partial charge is 0.454 e. The van der Waals surface area contributed by atoms with Crippen molar-refractivity contribution in [3.8, 4) is 0 Å². The molecular formula is C16H20ClN3O5. The lowest BCUT2D eigenvalue weighted by Crippen LogP contribution is -2.43. The molecule has 4 amide bonds. The molecule has 0 radical (unpaired) electrons. The SMILES string of the molecule is CCCNC(=O)NC(=O)COC(=O)[C@H](C)NC(=O)c1ccccc1Cl. The summed E-state index contributed by atoms with van der Waals surface area (Å²) in [5.74, 6) is -2.13. The Hall–Kier alpha value is -2.61. The molecule has 0 bridgehead atoms. The Kier molecular flexibility index (Phi) is 8.42. The third-order valence-electron chi connectivity index (χ3n) is 2.95. The van der Waals surface area contributed by atoms with Gasteiger partial charge in [0.05, 0.1) is 10.6 Å². The maximum atomic E-state index is 12.0. The van der Waals surface area contributed by atoms with E-state index in [2.05, 4.69) is 10.6 Å². The van der Waals surface area contributed by atoms with Crippen molar-refractivity contribution in [1.82, 2.24) is 16.0 Å². The van der Waals surface area contributed by atoms with Crippen molar-refractivity contribution in [2.24, 2.45) is 0 Å². The molecule has 1 aromatic carbocycles. The van der Waals surface area contributed by atoms with E-state index in [-0.39, 0.29) is 10.6 Å². The molecular weight excluding hydrogens is 350 g/mol. The molecule has 3 N–H and O–H groups in total. The van der Waals surface area contributed by atoms with Crippen LogP contribution in [-0.4, -0.2) is 43.0 Å². The first-order chi connectivity index (χ1) is 11.8. The van der Waals surface area contributed by atoms with Gasteiger partial charge in [-0.05, 0) is 25.5 Å². The van der Waals surface area contributed by atoms with Gasteiger partial charge in [-0.2, -0.15) is 0 Å². The summed E-state index contributed by atoms with van der Waals surface area (Å²) in [6, 6.07) is 4.71. The number of amides is 4. The molecule has 0 aliphatic rings. The van der Waals surface area contributed by atoms with Gasteiger partial charge < -0.3 is 15.4 Å². The van der Waals surface area contributed by atoms with E-state index in [1.54, 1.807) is 18.2 Å². The second kappa shape index (κ2) is 10.3. The molecule has 0 saturated heterocycles. The fourth-order valence-corrected chi connectivity index (χ4v) is 1.91. The quantitative estimate of drug-likeness (QED) is 0.626. The number of carbonyl (C=O) groups excluding carboxylic acids is 4. The van der Waals surface area contributed by atoms with Gasteiger partial charge in [0.25, 0.3) is 11.8 Å². The molecule has 0 aliphatic carbocycles. The highest BCUT2D eigenvalue weighted by Crippen LogP contribution is 2.14. The van der Waals surface area contributed by atoms with Gasteiger partial charge >= 0.3 is 12.0 Å². The summed E-state index contributed by atoms with van der Waals surface area (Å²) in [6.45, 7) is 3.06. The number of hydrogen-bond donors (Lipinski definition) is 3. The summed E-state index contributed by atoms with van der Waals surface area (Å²) in [7, 11) is 0. The van der Waals surface area contributed by atoms with Gasteiger partial charge in [0, 0.05) is 6.54 Å². The lowest BCUT2D eigenvalue weighted by molar-refractivity contribution is -0.149. The molecule has 1 atom stereocenters. The Morgan fingerprint density at radius 3 is 2.52 bits per heavy atom. The maximum absolute atomic E-state index is 12.0. The van der Waals surface area contributed by atoms with Crippen LogP contribution in [0.3, 0.4) is 0 Å². The van der Waals surface area contributed by atoms with Gasteiger partial charge in [0.1, 0.15) is 6.04 Å². The second-order valence-corrected chi connectivity index (χ2v) is 5.49. The molecule has 25 heavy (non-hydrogen) atoms. The highest BCUT2D eigenvalue weighted by Gasteiger charge is 2.20. The number of ether oxygens (including phenoxy) is 1. The minimum Gasteiger partial charge on any atom is -0.454 e. The van der Waals surface area contributed by atoms with Crippen LogP contribution < -0.4 is 16.0 Å². The number of hydrogen-bond acceptors (Lipinski definition) is 5. The molecule has 0 aliphatic heterocycles. The van der Waals surface area contributed by atoms with E-state index in [4.69, 9.17) is 16.3 Å². The Labute approximate surface area is 150 Å². The first-order valence-corrected chi connectivity index (χ1v) is 8.02. The van der Waals surface area contributed by atoms with Crippen LogP contribution in [0.4, 0.5) is 4.79 Å². The first kappa shape index (κ1) is 20.4. The van der Waals surface area contributed by atoms with Crippen molar-refractivity contribution in [3.63, 3.8) is 0 Å². The van der Waals surface area contributed by atoms with Crippen LogP contribution in [0.5, 0.6) is 0 Å². The molecule has 0 fully saturated rings. The Bertz CT molecular complexity index is 650. The standard InChI is InChI=1S/C16H20ClN3O5/c1-3-8-18-16(24)20-13(21)9-25-15(23)10(2)19-14(22)11-6-4-5-7-12(11)17/h4-7,10H,3,8-9H2,1-2H3,(H,19,22)(H2,18,20,21,24)/t10-/m0/s1. The first-order valence-electron chi connectivity index (χ1n) is 7.64. The summed E-state index contributed by atoms with van der Waals surface area (Å²) in [5.41, 5.74) is 0.217. The zero-order chi connectivity index (χ0) is 18.8. The van der Waals surface area contributed by atoms with Crippen LogP contribution in [-0.2, 0) is 14.3 Å². The van der Waals surface area contributed by atoms with Crippen LogP contribution >= 0.6 is 11.6 Å². The minimum absolute atomic E-state index is 0.217. The van der Waals surface area contributed by atoms with E-state index in [9.17, 15) is 19.2 Å². The molecule has 1 aromatic rings. The predicted molar refractivity (Wildman–Crippen MR) is 91.2 cm³/mol. The highest BCUT2D eigenvalue weighted by atomic mass is 35.5. The van der Waals surface area contributed by atoms with Gasteiger partial charge in [0.15, 0.2) is 6.61 Å². The second-order valence-electron chi connectivity index (χ2n) is 5.09. The smallest absolute Gasteiger partial charge is 0.328 e. The van der Waals surface area contributed by atoms with Crippen molar-refractivity contribution < 1.29 is 23.9 Å². The molecule has 0 spiro atoms. The van der Waals surface area contributed by atoms with Crippen LogP contribution in [0.2, 0.25) is 5.02 Å².